The van der Waals surface area contributed by atoms with E-state index >= 15 is 0 Å². The number of amides is 1. The molecule has 2 heterocycles. The number of aromatic nitrogens is 2. The number of rotatable bonds is 7. The van der Waals surface area contributed by atoms with Crippen LogP contribution >= 0.6 is 0 Å². The molecule has 0 saturated carbocycles. The molecule has 1 aromatic heterocycles. The minimum atomic E-state index is -0.216. The van der Waals surface area contributed by atoms with Gasteiger partial charge in [0, 0.05) is 37.3 Å². The Bertz CT molecular complexity index is 734. The molecule has 2 aromatic rings. The van der Waals surface area contributed by atoms with E-state index in [9.17, 15) is 4.79 Å². The van der Waals surface area contributed by atoms with Crippen LogP contribution in [0.15, 0.2) is 36.7 Å². The summed E-state index contributed by atoms with van der Waals surface area (Å²) in [4.78, 5) is 20.2. The van der Waals surface area contributed by atoms with Gasteiger partial charge in [-0.2, -0.15) is 0 Å². The van der Waals surface area contributed by atoms with Crippen LogP contribution in [0.25, 0.3) is 0 Å². The molecule has 1 amide bonds. The van der Waals surface area contributed by atoms with E-state index in [2.05, 4.69) is 34.4 Å². The predicted molar refractivity (Wildman–Crippen MR) is 93.7 cm³/mol. The van der Waals surface area contributed by atoms with Crippen molar-refractivity contribution in [3.8, 4) is 11.5 Å². The maximum Gasteiger partial charge on any atom is 0.231 e. The Morgan fingerprint density at radius 3 is 2.76 bits per heavy atom. The van der Waals surface area contributed by atoms with E-state index in [0.29, 0.717) is 25.5 Å². The van der Waals surface area contributed by atoms with E-state index in [1.54, 1.807) is 18.5 Å². The number of carbonyl (C=O) groups is 1. The van der Waals surface area contributed by atoms with E-state index in [-0.39, 0.29) is 18.1 Å². The van der Waals surface area contributed by atoms with Crippen LogP contribution in [-0.4, -0.2) is 35.8 Å². The van der Waals surface area contributed by atoms with Crippen LogP contribution < -0.4 is 20.1 Å². The quantitative estimate of drug-likeness (QED) is 0.801. The molecule has 0 aliphatic carbocycles. The highest BCUT2D eigenvalue weighted by atomic mass is 16.7. The molecule has 0 saturated heterocycles. The van der Waals surface area contributed by atoms with Gasteiger partial charge in [-0.1, -0.05) is 19.9 Å². The van der Waals surface area contributed by atoms with Crippen LogP contribution in [0.5, 0.6) is 11.5 Å². The van der Waals surface area contributed by atoms with Gasteiger partial charge in [-0.15, -0.1) is 0 Å². The summed E-state index contributed by atoms with van der Waals surface area (Å²) >= 11 is 0. The van der Waals surface area contributed by atoms with E-state index in [0.717, 1.165) is 17.1 Å². The molecule has 1 aliphatic heterocycles. The third kappa shape index (κ3) is 4.37. The standard InChI is InChI=1S/C18H22N4O3/c1-18(2,13-4-5-14-15(10-13)25-12-24-14)11-22-16(23)6-9-21-17-19-7-3-8-20-17/h3-5,7-8,10H,6,9,11-12H2,1-2H3,(H,22,23)(H,19,20,21). The number of benzene rings is 1. The minimum Gasteiger partial charge on any atom is -0.454 e. The highest BCUT2D eigenvalue weighted by Crippen LogP contribution is 2.36. The largest absolute Gasteiger partial charge is 0.454 e. The minimum absolute atomic E-state index is 0.0164. The van der Waals surface area contributed by atoms with E-state index in [1.807, 2.05) is 18.2 Å². The lowest BCUT2D eigenvalue weighted by atomic mass is 9.84. The van der Waals surface area contributed by atoms with Crippen LogP contribution in [-0.2, 0) is 10.2 Å². The van der Waals surface area contributed by atoms with Crippen molar-refractivity contribution < 1.29 is 14.3 Å². The van der Waals surface area contributed by atoms with E-state index in [1.165, 1.54) is 0 Å². The molecular formula is C18H22N4O3. The first-order valence-electron chi connectivity index (χ1n) is 8.22. The first kappa shape index (κ1) is 17.0. The molecular weight excluding hydrogens is 320 g/mol. The molecule has 0 unspecified atom stereocenters. The zero-order valence-electron chi connectivity index (χ0n) is 14.4. The summed E-state index contributed by atoms with van der Waals surface area (Å²) in [5, 5.41) is 6.00. The van der Waals surface area contributed by atoms with E-state index < -0.39 is 0 Å². The second-order valence-corrected chi connectivity index (χ2v) is 6.48. The fourth-order valence-electron chi connectivity index (χ4n) is 2.51. The number of carbonyl (C=O) groups excluding carboxylic acids is 1. The Morgan fingerprint density at radius 2 is 1.96 bits per heavy atom. The van der Waals surface area contributed by atoms with E-state index in [4.69, 9.17) is 9.47 Å². The van der Waals surface area contributed by atoms with Crippen molar-refractivity contribution in [3.63, 3.8) is 0 Å². The molecule has 7 heteroatoms. The highest BCUT2D eigenvalue weighted by molar-refractivity contribution is 5.76. The van der Waals surface area contributed by atoms with Crippen molar-refractivity contribution in [2.75, 3.05) is 25.2 Å². The third-order valence-electron chi connectivity index (χ3n) is 4.08. The van der Waals surface area contributed by atoms with Gasteiger partial charge >= 0.3 is 0 Å². The fourth-order valence-corrected chi connectivity index (χ4v) is 2.51. The van der Waals surface area contributed by atoms with Crippen LogP contribution in [0.3, 0.4) is 0 Å². The van der Waals surface area contributed by atoms with Crippen molar-refractivity contribution >= 4 is 11.9 Å². The number of hydrogen-bond donors (Lipinski definition) is 2. The fraction of sp³-hybridized carbons (Fsp3) is 0.389. The summed E-state index contributed by atoms with van der Waals surface area (Å²) in [6, 6.07) is 7.64. The van der Waals surface area contributed by atoms with Crippen LogP contribution in [0.1, 0.15) is 25.8 Å². The Kier molecular flexibility index (Phi) is 5.02. The SMILES string of the molecule is CC(C)(CNC(=O)CCNc1ncccn1)c1ccc2c(c1)OCO2. The molecule has 25 heavy (non-hydrogen) atoms. The summed E-state index contributed by atoms with van der Waals surface area (Å²) in [5.41, 5.74) is 0.875. The maximum atomic E-state index is 12.1. The summed E-state index contributed by atoms with van der Waals surface area (Å²) < 4.78 is 10.8. The molecule has 7 nitrogen and oxygen atoms in total. The molecule has 0 fully saturated rings. The highest BCUT2D eigenvalue weighted by Gasteiger charge is 2.24. The first-order valence-corrected chi connectivity index (χ1v) is 8.22. The van der Waals surface area contributed by atoms with Gasteiger partial charge in [0.1, 0.15) is 0 Å². The Balaban J connectivity index is 1.47. The molecule has 0 radical (unpaired) electrons. The molecule has 3 rings (SSSR count). The van der Waals surface area contributed by atoms with Crippen LogP contribution in [0.4, 0.5) is 5.95 Å². The van der Waals surface area contributed by atoms with Crippen molar-refractivity contribution in [1.82, 2.24) is 15.3 Å². The van der Waals surface area contributed by atoms with Crippen molar-refractivity contribution in [2.24, 2.45) is 0 Å². The normalized spacial score (nSPS) is 12.7. The molecule has 0 bridgehead atoms. The van der Waals surface area contributed by atoms with Crippen LogP contribution in [0, 0.1) is 0 Å². The van der Waals surface area contributed by atoms with Crippen molar-refractivity contribution in [2.45, 2.75) is 25.7 Å². The number of nitrogens with zero attached hydrogens (tertiary/aromatic N) is 2. The van der Waals surface area contributed by atoms with Gasteiger partial charge in [0.25, 0.3) is 0 Å². The van der Waals surface area contributed by atoms with Gasteiger partial charge in [-0.05, 0) is 23.8 Å². The monoisotopic (exact) mass is 342 g/mol. The lowest BCUT2D eigenvalue weighted by Gasteiger charge is -2.26. The maximum absolute atomic E-state index is 12.1. The van der Waals surface area contributed by atoms with Crippen molar-refractivity contribution in [1.29, 1.82) is 0 Å². The van der Waals surface area contributed by atoms with Gasteiger partial charge in [-0.25, -0.2) is 9.97 Å². The lowest BCUT2D eigenvalue weighted by Crippen LogP contribution is -2.37. The molecule has 1 aromatic carbocycles. The molecule has 0 spiro atoms. The average Bonchev–Trinajstić information content (AvgIpc) is 3.09. The van der Waals surface area contributed by atoms with Gasteiger partial charge in [0.05, 0.1) is 0 Å². The first-order chi connectivity index (χ1) is 12.0. The van der Waals surface area contributed by atoms with Gasteiger partial charge in [-0.3, -0.25) is 4.79 Å². The summed E-state index contributed by atoms with van der Waals surface area (Å²) in [6.07, 6.45) is 3.67. The summed E-state index contributed by atoms with van der Waals surface area (Å²) in [5.74, 6) is 2.02. The third-order valence-corrected chi connectivity index (χ3v) is 4.08. The second kappa shape index (κ2) is 7.38. The lowest BCUT2D eigenvalue weighted by molar-refractivity contribution is -0.121. The zero-order chi connectivity index (χ0) is 17.7. The van der Waals surface area contributed by atoms with Crippen molar-refractivity contribution in [3.05, 3.63) is 42.2 Å². The Labute approximate surface area is 146 Å². The Hall–Kier alpha value is -2.83. The molecule has 132 valence electrons. The number of nitrogens with one attached hydrogen (secondary N) is 2. The summed E-state index contributed by atoms with van der Waals surface area (Å²) in [7, 11) is 0. The predicted octanol–water partition coefficient (Wildman–Crippen LogP) is 2.10. The molecule has 0 atom stereocenters. The zero-order valence-corrected chi connectivity index (χ0v) is 14.4. The van der Waals surface area contributed by atoms with Gasteiger partial charge in [0.2, 0.25) is 18.6 Å². The molecule has 1 aliphatic rings. The summed E-state index contributed by atoms with van der Waals surface area (Å²) in [6.45, 7) is 5.45. The number of hydrogen-bond acceptors (Lipinski definition) is 6. The van der Waals surface area contributed by atoms with Crippen LogP contribution in [0.2, 0.25) is 0 Å². The average molecular weight is 342 g/mol. The number of anilines is 1. The molecule has 2 N–H and O–H groups in total. The van der Waals surface area contributed by atoms with Gasteiger partial charge in [0.15, 0.2) is 11.5 Å². The number of fused-ring (bicyclic) bond motifs is 1. The Morgan fingerprint density at radius 1 is 1.20 bits per heavy atom. The second-order valence-electron chi connectivity index (χ2n) is 6.48. The number of ether oxygens (including phenoxy) is 2. The smallest absolute Gasteiger partial charge is 0.231 e. The topological polar surface area (TPSA) is 85.4 Å². The van der Waals surface area contributed by atoms with Gasteiger partial charge < -0.3 is 20.1 Å².